The molecule has 0 N–H and O–H groups in total. The van der Waals surface area contributed by atoms with Gasteiger partial charge in [-0.2, -0.15) is 0 Å². The molecule has 6 rings (SSSR count). The highest BCUT2D eigenvalue weighted by atomic mass is 127. The van der Waals surface area contributed by atoms with Crippen LogP contribution in [-0.2, 0) is 16.1 Å². The monoisotopic (exact) mass is 890 g/mol. The Hall–Kier alpha value is -2.87. The lowest BCUT2D eigenvalue weighted by Gasteiger charge is -2.26. The van der Waals surface area contributed by atoms with Crippen molar-refractivity contribution in [2.24, 2.45) is 4.99 Å². The molecule has 0 fully saturated rings. The first-order valence-electron chi connectivity index (χ1n) is 14.7. The highest BCUT2D eigenvalue weighted by Crippen LogP contribution is 2.36. The fourth-order valence-corrected chi connectivity index (χ4v) is 8.88. The van der Waals surface area contributed by atoms with E-state index in [-0.39, 0.29) is 18.8 Å². The first-order chi connectivity index (χ1) is 23.2. The van der Waals surface area contributed by atoms with E-state index >= 15 is 0 Å². The van der Waals surface area contributed by atoms with E-state index in [2.05, 4.69) is 38.5 Å². The van der Waals surface area contributed by atoms with Crippen LogP contribution in [0.25, 0.3) is 11.8 Å². The van der Waals surface area contributed by atoms with Crippen molar-refractivity contribution in [3.63, 3.8) is 0 Å². The Morgan fingerprint density at radius 3 is 2.52 bits per heavy atom. The number of esters is 1. The maximum atomic E-state index is 14.5. The molecule has 1 aliphatic heterocycles. The van der Waals surface area contributed by atoms with Crippen LogP contribution in [0.5, 0.6) is 5.75 Å². The number of hydrogen-bond donors (Lipinski definition) is 0. The number of benzene rings is 4. The SMILES string of the molecule is CCOC(=O)C1=C(c2ccccc2)N=c2s/c(=C\c3cc(Br)cc(I)c3OCc3ccc(Cl)cc3Cl)c(=O)n2[C@@H]1c1ccc(SC)cc1. The number of thioether (sulfide) groups is 1. The molecule has 0 unspecified atom stereocenters. The summed E-state index contributed by atoms with van der Waals surface area (Å²) >= 11 is 21.2. The van der Waals surface area contributed by atoms with E-state index < -0.39 is 12.0 Å². The predicted octanol–water partition coefficient (Wildman–Crippen LogP) is 8.91. The van der Waals surface area contributed by atoms with E-state index in [9.17, 15) is 9.59 Å². The first kappa shape index (κ1) is 35.0. The highest BCUT2D eigenvalue weighted by molar-refractivity contribution is 14.1. The van der Waals surface area contributed by atoms with Crippen LogP contribution in [0.3, 0.4) is 0 Å². The Morgan fingerprint density at radius 2 is 1.83 bits per heavy atom. The van der Waals surface area contributed by atoms with Crippen molar-refractivity contribution in [1.82, 2.24) is 4.57 Å². The van der Waals surface area contributed by atoms with Crippen molar-refractivity contribution in [1.29, 1.82) is 0 Å². The number of thiazole rings is 1. The molecule has 12 heteroatoms. The largest absolute Gasteiger partial charge is 0.487 e. The number of carbonyl (C=O) groups is 1. The molecule has 4 aromatic carbocycles. The summed E-state index contributed by atoms with van der Waals surface area (Å²) in [5.41, 5.74) is 3.49. The van der Waals surface area contributed by atoms with Gasteiger partial charge in [0.05, 0.1) is 32.0 Å². The van der Waals surface area contributed by atoms with Gasteiger partial charge in [-0.3, -0.25) is 9.36 Å². The van der Waals surface area contributed by atoms with Crippen LogP contribution in [0.15, 0.2) is 110 Å². The predicted molar refractivity (Wildman–Crippen MR) is 207 cm³/mol. The second kappa shape index (κ2) is 15.3. The number of rotatable bonds is 9. The van der Waals surface area contributed by atoms with E-state index in [1.165, 1.54) is 11.3 Å². The van der Waals surface area contributed by atoms with Crippen LogP contribution < -0.4 is 19.6 Å². The van der Waals surface area contributed by atoms with Gasteiger partial charge in [0, 0.05) is 36.1 Å². The zero-order chi connectivity index (χ0) is 33.9. The highest BCUT2D eigenvalue weighted by Gasteiger charge is 2.35. The summed E-state index contributed by atoms with van der Waals surface area (Å²) in [5.74, 6) is 0.0726. The number of carbonyl (C=O) groups excluding carboxylic acids is 1. The second-order valence-electron chi connectivity index (χ2n) is 10.5. The Bertz CT molecular complexity index is 2240. The van der Waals surface area contributed by atoms with Gasteiger partial charge in [0.2, 0.25) is 0 Å². The molecule has 48 heavy (non-hydrogen) atoms. The van der Waals surface area contributed by atoms with Gasteiger partial charge < -0.3 is 9.47 Å². The zero-order valence-corrected chi connectivity index (χ0v) is 32.4. The van der Waals surface area contributed by atoms with Gasteiger partial charge in [-0.1, -0.05) is 99.0 Å². The van der Waals surface area contributed by atoms with Gasteiger partial charge in [-0.15, -0.1) is 11.8 Å². The number of ether oxygens (including phenoxy) is 2. The van der Waals surface area contributed by atoms with Crippen molar-refractivity contribution >= 4 is 103 Å². The van der Waals surface area contributed by atoms with E-state index in [0.29, 0.717) is 42.0 Å². The van der Waals surface area contributed by atoms with E-state index in [1.54, 1.807) is 41.5 Å². The minimum absolute atomic E-state index is 0.179. The number of aromatic nitrogens is 1. The van der Waals surface area contributed by atoms with Gasteiger partial charge in [-0.25, -0.2) is 9.79 Å². The van der Waals surface area contributed by atoms with Gasteiger partial charge >= 0.3 is 5.97 Å². The molecular formula is C36H26BrCl2IN2O4S2. The molecule has 0 aliphatic carbocycles. The fourth-order valence-electron chi connectivity index (χ4n) is 5.31. The van der Waals surface area contributed by atoms with E-state index in [0.717, 1.165) is 29.6 Å². The van der Waals surface area contributed by atoms with Crippen molar-refractivity contribution in [3.05, 3.63) is 151 Å². The van der Waals surface area contributed by atoms with Crippen LogP contribution in [0.4, 0.5) is 0 Å². The fraction of sp³-hybridized carbons (Fsp3) is 0.139. The van der Waals surface area contributed by atoms with Crippen LogP contribution in [0.1, 0.15) is 35.2 Å². The Kier molecular flexibility index (Phi) is 11.2. The maximum absolute atomic E-state index is 14.5. The van der Waals surface area contributed by atoms with E-state index in [1.807, 2.05) is 79.1 Å². The molecule has 0 spiro atoms. The van der Waals surface area contributed by atoms with Gasteiger partial charge in [0.15, 0.2) is 4.80 Å². The molecule has 0 saturated heterocycles. The van der Waals surface area contributed by atoms with Crippen molar-refractivity contribution in [2.45, 2.75) is 24.5 Å². The lowest BCUT2D eigenvalue weighted by atomic mass is 9.93. The number of nitrogens with zero attached hydrogens (tertiary/aromatic N) is 2. The summed E-state index contributed by atoms with van der Waals surface area (Å²) in [7, 11) is 0. The average Bonchev–Trinajstić information content (AvgIpc) is 3.38. The molecule has 244 valence electrons. The van der Waals surface area contributed by atoms with Gasteiger partial charge in [0.25, 0.3) is 5.56 Å². The average molecular weight is 892 g/mol. The quantitative estimate of drug-likeness (QED) is 0.0841. The van der Waals surface area contributed by atoms with Crippen molar-refractivity contribution in [2.75, 3.05) is 12.9 Å². The molecule has 2 heterocycles. The summed E-state index contributed by atoms with van der Waals surface area (Å²) in [5, 5.41) is 1.04. The topological polar surface area (TPSA) is 69.9 Å². The Balaban J connectivity index is 1.55. The van der Waals surface area contributed by atoms with E-state index in [4.69, 9.17) is 37.7 Å². The summed E-state index contributed by atoms with van der Waals surface area (Å²) in [6, 6.07) is 25.7. The van der Waals surface area contributed by atoms with Crippen molar-refractivity contribution in [3.8, 4) is 5.75 Å². The summed E-state index contributed by atoms with van der Waals surface area (Å²) in [6.45, 7) is 2.14. The number of hydrogen-bond acceptors (Lipinski definition) is 7. The third-order valence-electron chi connectivity index (χ3n) is 7.52. The molecule has 1 aliphatic rings. The first-order valence-corrected chi connectivity index (χ1v) is 19.3. The zero-order valence-electron chi connectivity index (χ0n) is 25.5. The molecule has 0 bridgehead atoms. The van der Waals surface area contributed by atoms with Crippen LogP contribution in [-0.4, -0.2) is 23.4 Å². The molecule has 1 atom stereocenters. The van der Waals surface area contributed by atoms with Crippen LogP contribution in [0, 0.1) is 3.57 Å². The van der Waals surface area contributed by atoms with Crippen LogP contribution >= 0.6 is 84.8 Å². The third kappa shape index (κ3) is 7.34. The lowest BCUT2D eigenvalue weighted by Crippen LogP contribution is -2.40. The lowest BCUT2D eigenvalue weighted by molar-refractivity contribution is -0.138. The molecule has 6 nitrogen and oxygen atoms in total. The van der Waals surface area contributed by atoms with Gasteiger partial charge in [0.1, 0.15) is 12.4 Å². The van der Waals surface area contributed by atoms with Crippen LogP contribution in [0.2, 0.25) is 10.0 Å². The smallest absolute Gasteiger partial charge is 0.338 e. The summed E-state index contributed by atoms with van der Waals surface area (Å²) in [6.07, 6.45) is 3.81. The van der Waals surface area contributed by atoms with Gasteiger partial charge in [-0.05, 0) is 83.8 Å². The Morgan fingerprint density at radius 1 is 1.08 bits per heavy atom. The molecule has 0 saturated carbocycles. The van der Waals surface area contributed by atoms with Crippen molar-refractivity contribution < 1.29 is 14.3 Å². The maximum Gasteiger partial charge on any atom is 0.338 e. The number of halogens is 4. The Labute approximate surface area is 317 Å². The third-order valence-corrected chi connectivity index (χ3v) is 11.1. The standard InChI is InChI=1S/C36H26BrCl2IN2O4S2/c1-3-45-35(44)30-31(20-7-5-4-6-8-20)41-36-42(32(30)21-10-13-26(47-2)14-11-21)34(43)29(48-36)16-23-15-24(37)17-28(40)33(23)46-19-22-9-12-25(38)18-27(22)39/h4-18,32H,3,19H2,1-2H3/b29-16-/t32-/m1/s1. The molecule has 5 aromatic rings. The minimum Gasteiger partial charge on any atom is -0.487 e. The second-order valence-corrected chi connectivity index (χ2v) is 15.3. The molecule has 0 amide bonds. The minimum atomic E-state index is -0.765. The molecule has 1 aromatic heterocycles. The normalized spacial score (nSPS) is 14.5. The number of fused-ring (bicyclic) bond motifs is 1. The summed E-state index contributed by atoms with van der Waals surface area (Å²) < 4.78 is 15.6. The molecule has 0 radical (unpaired) electrons. The molecular weight excluding hydrogens is 866 g/mol. The summed E-state index contributed by atoms with van der Waals surface area (Å²) in [4.78, 5) is 34.7.